The molecule has 0 saturated heterocycles. The molecule has 0 unspecified atom stereocenters. The molecule has 0 aromatic heterocycles. The van der Waals surface area contributed by atoms with Gasteiger partial charge in [-0.3, -0.25) is 0 Å². The number of nitrogens with zero attached hydrogens (tertiary/aromatic N) is 2. The van der Waals surface area contributed by atoms with Gasteiger partial charge >= 0.3 is 86.1 Å². The number of benzene rings is 1. The molecule has 13 heavy (non-hydrogen) atoms. The monoisotopic (exact) mass is 210 g/mol. The number of hydrogen-bond donors (Lipinski definition) is 0. The summed E-state index contributed by atoms with van der Waals surface area (Å²) < 4.78 is 0.983. The van der Waals surface area contributed by atoms with Gasteiger partial charge in [0.2, 0.25) is 0 Å². The van der Waals surface area contributed by atoms with Gasteiger partial charge in [0.15, 0.2) is 0 Å². The molecule has 0 spiro atoms. The van der Waals surface area contributed by atoms with Crippen LogP contribution in [0.2, 0.25) is 0 Å². The van der Waals surface area contributed by atoms with Crippen molar-refractivity contribution in [1.29, 1.82) is 5.26 Å². The number of hydrogen-bond acceptors (Lipinski definition) is 2. The molecule has 0 amide bonds. The van der Waals surface area contributed by atoms with Gasteiger partial charge in [-0.05, 0) is 0 Å². The SMILES string of the molecule is CN(C)[C](=[Cr])c1ccccc1C#N. The molecular formula is C10H10CrN2. The molecule has 0 fully saturated rings. The van der Waals surface area contributed by atoms with Crippen LogP contribution in [0, 0.1) is 11.3 Å². The molecule has 0 bridgehead atoms. The van der Waals surface area contributed by atoms with E-state index >= 15 is 0 Å². The predicted molar refractivity (Wildman–Crippen MR) is 49.0 cm³/mol. The Bertz CT molecular complexity index is 363. The Kier molecular flexibility index (Phi) is 3.40. The molecule has 1 aromatic rings. The third kappa shape index (κ3) is 2.26. The molecule has 3 heteroatoms. The van der Waals surface area contributed by atoms with E-state index in [1.165, 1.54) is 0 Å². The molecule has 0 atom stereocenters. The first-order valence-corrected chi connectivity index (χ1v) is 4.51. The van der Waals surface area contributed by atoms with Gasteiger partial charge < -0.3 is 0 Å². The van der Waals surface area contributed by atoms with E-state index in [1.807, 2.05) is 43.3 Å². The summed E-state index contributed by atoms with van der Waals surface area (Å²) in [5.74, 6) is 0. The Morgan fingerprint density at radius 2 is 2.00 bits per heavy atom. The molecule has 0 aliphatic carbocycles. The van der Waals surface area contributed by atoms with E-state index in [4.69, 9.17) is 5.26 Å². The van der Waals surface area contributed by atoms with E-state index < -0.39 is 0 Å². The van der Waals surface area contributed by atoms with E-state index in [1.54, 1.807) is 0 Å². The molecule has 0 aliphatic heterocycles. The zero-order valence-corrected chi connectivity index (χ0v) is 8.89. The van der Waals surface area contributed by atoms with Crippen LogP contribution in [-0.2, 0) is 15.9 Å². The Morgan fingerprint density at radius 1 is 1.38 bits per heavy atom. The summed E-state index contributed by atoms with van der Waals surface area (Å²) in [7, 11) is 3.89. The zero-order chi connectivity index (χ0) is 9.84. The van der Waals surface area contributed by atoms with Crippen molar-refractivity contribution in [1.82, 2.24) is 4.90 Å². The van der Waals surface area contributed by atoms with Gasteiger partial charge in [0.05, 0.1) is 0 Å². The summed E-state index contributed by atoms with van der Waals surface area (Å²) in [6.45, 7) is 0. The van der Waals surface area contributed by atoms with Crippen LogP contribution in [-0.4, -0.2) is 23.5 Å². The Hall–Kier alpha value is -0.928. The fraction of sp³-hybridized carbons (Fsp3) is 0.200. The average Bonchev–Trinajstić information content (AvgIpc) is 2.16. The second-order valence-corrected chi connectivity index (χ2v) is 3.46. The molecule has 0 saturated carbocycles. The Morgan fingerprint density at radius 3 is 2.54 bits per heavy atom. The molecule has 0 radical (unpaired) electrons. The minimum atomic E-state index is 0.699. The van der Waals surface area contributed by atoms with Gasteiger partial charge in [-0.2, -0.15) is 0 Å². The van der Waals surface area contributed by atoms with E-state index in [0.29, 0.717) is 5.56 Å². The maximum absolute atomic E-state index is 8.85. The van der Waals surface area contributed by atoms with Crippen LogP contribution >= 0.6 is 0 Å². The second kappa shape index (κ2) is 4.35. The van der Waals surface area contributed by atoms with Crippen molar-refractivity contribution in [3.63, 3.8) is 0 Å². The Labute approximate surface area is 86.4 Å². The maximum atomic E-state index is 8.85. The normalized spacial score (nSPS) is 9.69. The van der Waals surface area contributed by atoms with Crippen molar-refractivity contribution >= 4 is 4.50 Å². The fourth-order valence-corrected chi connectivity index (χ4v) is 1.29. The first-order valence-electron chi connectivity index (χ1n) is 3.87. The average molecular weight is 210 g/mol. The van der Waals surface area contributed by atoms with Crippen LogP contribution in [0.3, 0.4) is 0 Å². The van der Waals surface area contributed by atoms with Crippen LogP contribution in [0.5, 0.6) is 0 Å². The van der Waals surface area contributed by atoms with Crippen molar-refractivity contribution in [2.75, 3.05) is 14.1 Å². The minimum absolute atomic E-state index is 0.699. The standard InChI is InChI=1S/C10H10N2.Cr/c1-12(2)8-10-6-4-3-5-9(10)7-11;/h3-6H,1-2H3;. The van der Waals surface area contributed by atoms with Crippen molar-refractivity contribution in [2.45, 2.75) is 0 Å². The third-order valence-electron chi connectivity index (χ3n) is 1.68. The first-order chi connectivity index (χ1) is 6.16. The van der Waals surface area contributed by atoms with Crippen molar-refractivity contribution < 1.29 is 15.9 Å². The van der Waals surface area contributed by atoms with Crippen LogP contribution in [0.15, 0.2) is 24.3 Å². The fourth-order valence-electron chi connectivity index (χ4n) is 1.01. The van der Waals surface area contributed by atoms with E-state index in [0.717, 1.165) is 10.1 Å². The van der Waals surface area contributed by atoms with Crippen molar-refractivity contribution in [3.8, 4) is 6.07 Å². The number of nitriles is 1. The molecule has 0 heterocycles. The summed E-state index contributed by atoms with van der Waals surface area (Å²) in [5.41, 5.74) is 1.65. The molecule has 0 aliphatic rings. The van der Waals surface area contributed by atoms with Crippen LogP contribution < -0.4 is 0 Å². The summed E-state index contributed by atoms with van der Waals surface area (Å²) in [5, 5.41) is 8.85. The van der Waals surface area contributed by atoms with Crippen LogP contribution in [0.4, 0.5) is 0 Å². The summed E-state index contributed by atoms with van der Waals surface area (Å²) in [4.78, 5) is 1.95. The van der Waals surface area contributed by atoms with Crippen molar-refractivity contribution in [3.05, 3.63) is 35.4 Å². The molecular weight excluding hydrogens is 200 g/mol. The van der Waals surface area contributed by atoms with Crippen molar-refractivity contribution in [2.24, 2.45) is 0 Å². The summed E-state index contributed by atoms with van der Waals surface area (Å²) in [6, 6.07) is 9.71. The zero-order valence-electron chi connectivity index (χ0n) is 7.61. The summed E-state index contributed by atoms with van der Waals surface area (Å²) in [6.07, 6.45) is 0. The molecule has 2 nitrogen and oxygen atoms in total. The molecule has 0 N–H and O–H groups in total. The third-order valence-corrected chi connectivity index (χ3v) is 2.60. The quantitative estimate of drug-likeness (QED) is 0.732. The Balaban J connectivity index is 3.15. The molecule has 66 valence electrons. The molecule has 1 rings (SSSR count). The van der Waals surface area contributed by atoms with Gasteiger partial charge in [0, 0.05) is 0 Å². The van der Waals surface area contributed by atoms with E-state index in [9.17, 15) is 0 Å². The van der Waals surface area contributed by atoms with Crippen LogP contribution in [0.25, 0.3) is 0 Å². The van der Waals surface area contributed by atoms with Gasteiger partial charge in [-0.25, -0.2) is 0 Å². The van der Waals surface area contributed by atoms with Gasteiger partial charge in [0.25, 0.3) is 0 Å². The van der Waals surface area contributed by atoms with E-state index in [2.05, 4.69) is 21.9 Å². The number of rotatable bonds is 2. The van der Waals surface area contributed by atoms with E-state index in [-0.39, 0.29) is 0 Å². The van der Waals surface area contributed by atoms with Gasteiger partial charge in [0.1, 0.15) is 0 Å². The van der Waals surface area contributed by atoms with Gasteiger partial charge in [-0.1, -0.05) is 0 Å². The van der Waals surface area contributed by atoms with Gasteiger partial charge in [-0.15, -0.1) is 0 Å². The predicted octanol–water partition coefficient (Wildman–Crippen LogP) is 1.14. The van der Waals surface area contributed by atoms with Crippen LogP contribution in [0.1, 0.15) is 11.1 Å². The summed E-state index contributed by atoms with van der Waals surface area (Å²) >= 11 is 2.96. The molecule has 1 aromatic carbocycles. The first kappa shape index (κ1) is 10.2. The second-order valence-electron chi connectivity index (χ2n) is 2.86. The topological polar surface area (TPSA) is 27.0 Å².